The van der Waals surface area contributed by atoms with Crippen LogP contribution in [0, 0.1) is 29.1 Å². The first-order valence-electron chi connectivity index (χ1n) is 6.27. The van der Waals surface area contributed by atoms with E-state index >= 15 is 0 Å². The molecule has 0 nitrogen and oxygen atoms in total. The van der Waals surface area contributed by atoms with Crippen molar-refractivity contribution in [3.63, 3.8) is 0 Å². The third-order valence-corrected chi connectivity index (χ3v) is 4.87. The molecule has 0 spiro atoms. The lowest BCUT2D eigenvalue weighted by atomic mass is 10.1. The van der Waals surface area contributed by atoms with Crippen LogP contribution in [0.3, 0.4) is 0 Å². The van der Waals surface area contributed by atoms with Gasteiger partial charge in [-0.25, -0.2) is 22.0 Å². The molecule has 0 amide bonds. The van der Waals surface area contributed by atoms with Gasteiger partial charge in [-0.3, -0.25) is 0 Å². The Bertz CT molecular complexity index is 857. The molecule has 23 heavy (non-hydrogen) atoms. The Labute approximate surface area is 140 Å². The van der Waals surface area contributed by atoms with Gasteiger partial charge in [-0.15, -0.1) is 11.3 Å². The highest BCUT2D eigenvalue weighted by molar-refractivity contribution is 9.10. The summed E-state index contributed by atoms with van der Waals surface area (Å²) in [5.74, 6) is -9.71. The summed E-state index contributed by atoms with van der Waals surface area (Å²) in [6.45, 7) is 0. The fourth-order valence-corrected chi connectivity index (χ4v) is 3.37. The van der Waals surface area contributed by atoms with Crippen LogP contribution in [0.4, 0.5) is 22.0 Å². The summed E-state index contributed by atoms with van der Waals surface area (Å²) >= 11 is 4.23. The van der Waals surface area contributed by atoms with Crippen LogP contribution in [0.25, 0.3) is 20.9 Å². The fourth-order valence-electron chi connectivity index (χ4n) is 2.06. The SMILES string of the molecule is Fc1c(F)c(F)c(-c2ccc(-c3ccc(Br)cc3)s2)c(F)c1F. The number of hydrogen-bond acceptors (Lipinski definition) is 1. The zero-order chi connectivity index (χ0) is 16.7. The predicted molar refractivity (Wildman–Crippen MR) is 82.7 cm³/mol. The van der Waals surface area contributed by atoms with Crippen LogP contribution in [0.5, 0.6) is 0 Å². The Morgan fingerprint density at radius 3 is 1.65 bits per heavy atom. The van der Waals surface area contributed by atoms with E-state index in [1.54, 1.807) is 30.3 Å². The first kappa shape index (κ1) is 16.1. The molecular weight excluding hydrogens is 399 g/mol. The molecule has 3 aromatic rings. The van der Waals surface area contributed by atoms with Crippen molar-refractivity contribution in [2.24, 2.45) is 0 Å². The van der Waals surface area contributed by atoms with Gasteiger partial charge in [-0.05, 0) is 29.8 Å². The van der Waals surface area contributed by atoms with Crippen molar-refractivity contribution in [2.75, 3.05) is 0 Å². The van der Waals surface area contributed by atoms with Crippen molar-refractivity contribution in [3.8, 4) is 20.9 Å². The first-order chi connectivity index (χ1) is 10.9. The molecule has 0 saturated heterocycles. The van der Waals surface area contributed by atoms with E-state index in [2.05, 4.69) is 15.9 Å². The predicted octanol–water partition coefficient (Wildman–Crippen LogP) is 6.54. The second-order valence-corrected chi connectivity index (χ2v) is 6.62. The smallest absolute Gasteiger partial charge is 0.200 e. The maximum atomic E-state index is 13.8. The minimum Gasteiger partial charge on any atom is -0.203 e. The molecule has 0 aliphatic heterocycles. The van der Waals surface area contributed by atoms with Crippen LogP contribution in [0.15, 0.2) is 40.9 Å². The van der Waals surface area contributed by atoms with Crippen molar-refractivity contribution in [1.82, 2.24) is 0 Å². The van der Waals surface area contributed by atoms with Crippen LogP contribution in [0.1, 0.15) is 0 Å². The Morgan fingerprint density at radius 2 is 1.09 bits per heavy atom. The molecule has 1 aromatic heterocycles. The van der Waals surface area contributed by atoms with Crippen molar-refractivity contribution in [3.05, 3.63) is 70.0 Å². The van der Waals surface area contributed by atoms with E-state index in [4.69, 9.17) is 0 Å². The summed E-state index contributed by atoms with van der Waals surface area (Å²) < 4.78 is 68.2. The Balaban J connectivity index is 2.13. The standard InChI is InChI=1S/C16H6BrF5S/c17-8-3-1-7(2-4-8)9-5-6-10(23-9)11-12(18)14(20)16(22)15(21)13(11)19/h1-6H. The zero-order valence-corrected chi connectivity index (χ0v) is 13.5. The second kappa shape index (κ2) is 6.05. The molecule has 3 rings (SSSR count). The molecule has 0 radical (unpaired) electrons. The number of hydrogen-bond donors (Lipinski definition) is 0. The third-order valence-electron chi connectivity index (χ3n) is 3.19. The molecule has 0 N–H and O–H groups in total. The van der Waals surface area contributed by atoms with Gasteiger partial charge in [0.15, 0.2) is 23.3 Å². The molecule has 0 aliphatic rings. The average Bonchev–Trinajstić information content (AvgIpc) is 3.01. The highest BCUT2D eigenvalue weighted by Crippen LogP contribution is 2.39. The van der Waals surface area contributed by atoms with Gasteiger partial charge in [0.2, 0.25) is 5.82 Å². The van der Waals surface area contributed by atoms with Gasteiger partial charge in [0.1, 0.15) is 0 Å². The van der Waals surface area contributed by atoms with Gasteiger partial charge < -0.3 is 0 Å². The van der Waals surface area contributed by atoms with E-state index in [0.29, 0.717) is 4.88 Å². The molecular formula is C16H6BrF5S. The topological polar surface area (TPSA) is 0 Å². The third kappa shape index (κ3) is 2.79. The molecule has 0 aliphatic carbocycles. The lowest BCUT2D eigenvalue weighted by Crippen LogP contribution is -2.03. The van der Waals surface area contributed by atoms with Crippen LogP contribution in [-0.4, -0.2) is 0 Å². The molecule has 0 saturated carbocycles. The van der Waals surface area contributed by atoms with E-state index in [9.17, 15) is 22.0 Å². The van der Waals surface area contributed by atoms with Crippen molar-refractivity contribution < 1.29 is 22.0 Å². The Hall–Kier alpha value is -1.73. The molecule has 0 atom stereocenters. The lowest BCUT2D eigenvalue weighted by Gasteiger charge is -2.06. The number of rotatable bonds is 2. The van der Waals surface area contributed by atoms with Crippen molar-refractivity contribution in [1.29, 1.82) is 0 Å². The molecule has 7 heteroatoms. The normalized spacial score (nSPS) is 11.0. The second-order valence-electron chi connectivity index (χ2n) is 4.62. The zero-order valence-electron chi connectivity index (χ0n) is 11.1. The summed E-state index contributed by atoms with van der Waals surface area (Å²) in [7, 11) is 0. The van der Waals surface area contributed by atoms with Gasteiger partial charge in [-0.2, -0.15) is 0 Å². The summed E-state index contributed by atoms with van der Waals surface area (Å²) in [4.78, 5) is 0.618. The largest absolute Gasteiger partial charge is 0.203 e. The van der Waals surface area contributed by atoms with Gasteiger partial charge in [0, 0.05) is 14.2 Å². The van der Waals surface area contributed by atoms with Crippen molar-refractivity contribution >= 4 is 27.3 Å². The highest BCUT2D eigenvalue weighted by Gasteiger charge is 2.27. The number of thiophene rings is 1. The molecule has 118 valence electrons. The van der Waals surface area contributed by atoms with Gasteiger partial charge in [0.25, 0.3) is 0 Å². The molecule has 0 unspecified atom stereocenters. The maximum Gasteiger partial charge on any atom is 0.200 e. The Morgan fingerprint density at radius 1 is 0.609 bits per heavy atom. The number of halogens is 6. The van der Waals surface area contributed by atoms with Crippen LogP contribution < -0.4 is 0 Å². The van der Waals surface area contributed by atoms with E-state index in [0.717, 1.165) is 21.4 Å². The van der Waals surface area contributed by atoms with E-state index in [-0.39, 0.29) is 4.88 Å². The summed E-state index contributed by atoms with van der Waals surface area (Å²) in [6.07, 6.45) is 0. The summed E-state index contributed by atoms with van der Waals surface area (Å²) in [6, 6.07) is 10.0. The molecule has 1 heterocycles. The minimum absolute atomic E-state index is 0.0317. The monoisotopic (exact) mass is 404 g/mol. The van der Waals surface area contributed by atoms with E-state index in [1.807, 2.05) is 0 Å². The lowest BCUT2D eigenvalue weighted by molar-refractivity contribution is 0.381. The molecule has 2 aromatic carbocycles. The van der Waals surface area contributed by atoms with Gasteiger partial charge in [0.05, 0.1) is 5.56 Å². The minimum atomic E-state index is -2.16. The van der Waals surface area contributed by atoms with Crippen molar-refractivity contribution in [2.45, 2.75) is 0 Å². The highest BCUT2D eigenvalue weighted by atomic mass is 79.9. The van der Waals surface area contributed by atoms with Crippen LogP contribution in [-0.2, 0) is 0 Å². The molecule has 0 fully saturated rings. The summed E-state index contributed by atoms with van der Waals surface area (Å²) in [5.41, 5.74) is -0.136. The fraction of sp³-hybridized carbons (Fsp3) is 0. The van der Waals surface area contributed by atoms with Crippen LogP contribution >= 0.6 is 27.3 Å². The average molecular weight is 405 g/mol. The van der Waals surface area contributed by atoms with Gasteiger partial charge in [-0.1, -0.05) is 28.1 Å². The van der Waals surface area contributed by atoms with Crippen LogP contribution in [0.2, 0.25) is 0 Å². The van der Waals surface area contributed by atoms with Gasteiger partial charge >= 0.3 is 0 Å². The first-order valence-corrected chi connectivity index (χ1v) is 7.88. The maximum absolute atomic E-state index is 13.8. The Kier molecular flexibility index (Phi) is 4.25. The quantitative estimate of drug-likeness (QED) is 0.258. The van der Waals surface area contributed by atoms with E-state index < -0.39 is 34.6 Å². The molecule has 0 bridgehead atoms. The summed E-state index contributed by atoms with van der Waals surface area (Å²) in [5, 5.41) is 0. The number of benzene rings is 2. The van der Waals surface area contributed by atoms with E-state index in [1.165, 1.54) is 6.07 Å².